The molecular formula is C22H28ClN3O3S. The highest BCUT2D eigenvalue weighted by Crippen LogP contribution is 2.21. The highest BCUT2D eigenvalue weighted by Gasteiger charge is 2.29. The number of piperazine rings is 1. The van der Waals surface area contributed by atoms with Gasteiger partial charge < -0.3 is 5.32 Å². The average Bonchev–Trinajstić information content (AvgIpc) is 2.74. The minimum atomic E-state index is -3.58. The normalized spacial score (nSPS) is 16.9. The van der Waals surface area contributed by atoms with Gasteiger partial charge in [-0.1, -0.05) is 48.9 Å². The fourth-order valence-corrected chi connectivity index (χ4v) is 5.24. The van der Waals surface area contributed by atoms with Gasteiger partial charge in [0.1, 0.15) is 0 Å². The van der Waals surface area contributed by atoms with Crippen molar-refractivity contribution in [3.63, 3.8) is 0 Å². The summed E-state index contributed by atoms with van der Waals surface area (Å²) in [5, 5.41) is 3.42. The maximum absolute atomic E-state index is 12.8. The Balaban J connectivity index is 1.50. The van der Waals surface area contributed by atoms with Crippen LogP contribution in [0.1, 0.15) is 31.0 Å². The first-order valence-corrected chi connectivity index (χ1v) is 12.0. The van der Waals surface area contributed by atoms with Crippen molar-refractivity contribution < 1.29 is 13.2 Å². The van der Waals surface area contributed by atoms with Gasteiger partial charge in [-0.2, -0.15) is 4.31 Å². The van der Waals surface area contributed by atoms with E-state index in [1.54, 1.807) is 18.2 Å². The van der Waals surface area contributed by atoms with E-state index >= 15 is 0 Å². The van der Waals surface area contributed by atoms with Crippen LogP contribution >= 0.6 is 11.6 Å². The molecule has 0 aliphatic carbocycles. The molecule has 8 heteroatoms. The Labute approximate surface area is 183 Å². The number of hydrogen-bond acceptors (Lipinski definition) is 4. The first-order valence-electron chi connectivity index (χ1n) is 10.2. The number of benzene rings is 2. The van der Waals surface area contributed by atoms with Gasteiger partial charge in [0.05, 0.1) is 17.5 Å². The van der Waals surface area contributed by atoms with Crippen LogP contribution in [0.4, 0.5) is 0 Å². The van der Waals surface area contributed by atoms with Crippen LogP contribution in [0.2, 0.25) is 5.02 Å². The first kappa shape index (κ1) is 22.7. The van der Waals surface area contributed by atoms with E-state index in [2.05, 4.69) is 24.4 Å². The highest BCUT2D eigenvalue weighted by molar-refractivity contribution is 7.89. The molecule has 1 atom stereocenters. The summed E-state index contributed by atoms with van der Waals surface area (Å²) in [4.78, 5) is 14.6. The quantitative estimate of drug-likeness (QED) is 0.705. The van der Waals surface area contributed by atoms with Gasteiger partial charge in [-0.05, 0) is 42.7 Å². The van der Waals surface area contributed by atoms with Gasteiger partial charge in [0, 0.05) is 31.2 Å². The maximum atomic E-state index is 12.8. The highest BCUT2D eigenvalue weighted by atomic mass is 35.5. The van der Waals surface area contributed by atoms with Gasteiger partial charge in [-0.25, -0.2) is 8.42 Å². The van der Waals surface area contributed by atoms with Gasteiger partial charge in [0.15, 0.2) is 0 Å². The van der Waals surface area contributed by atoms with Gasteiger partial charge in [0.2, 0.25) is 15.9 Å². The Bertz CT molecular complexity index is 971. The second-order valence-corrected chi connectivity index (χ2v) is 9.90. The van der Waals surface area contributed by atoms with Gasteiger partial charge in [0.25, 0.3) is 0 Å². The molecule has 0 radical (unpaired) electrons. The second kappa shape index (κ2) is 9.92. The number of nitrogens with zero attached hydrogens (tertiary/aromatic N) is 2. The van der Waals surface area contributed by atoms with Crippen molar-refractivity contribution in [2.45, 2.75) is 31.2 Å². The summed E-state index contributed by atoms with van der Waals surface area (Å²) in [6.07, 6.45) is 0.986. The summed E-state index contributed by atoms with van der Waals surface area (Å²) in [6, 6.07) is 14.5. The molecule has 1 unspecified atom stereocenters. The minimum Gasteiger partial charge on any atom is -0.348 e. The van der Waals surface area contributed by atoms with Crippen molar-refractivity contribution in [2.75, 3.05) is 32.7 Å². The third kappa shape index (κ3) is 5.60. The molecule has 0 spiro atoms. The second-order valence-electron chi connectivity index (χ2n) is 7.52. The molecule has 1 N–H and O–H groups in total. The molecule has 1 saturated heterocycles. The smallest absolute Gasteiger partial charge is 0.243 e. The van der Waals surface area contributed by atoms with Crippen LogP contribution in [0.25, 0.3) is 0 Å². The summed E-state index contributed by atoms with van der Waals surface area (Å²) < 4.78 is 27.0. The molecular weight excluding hydrogens is 422 g/mol. The van der Waals surface area contributed by atoms with Crippen LogP contribution in [-0.2, 0) is 21.2 Å². The predicted molar refractivity (Wildman–Crippen MR) is 119 cm³/mol. The van der Waals surface area contributed by atoms with Crippen molar-refractivity contribution >= 4 is 27.5 Å². The molecule has 1 heterocycles. The molecule has 0 aromatic heterocycles. The van der Waals surface area contributed by atoms with Crippen LogP contribution in [0.5, 0.6) is 0 Å². The fourth-order valence-electron chi connectivity index (χ4n) is 3.52. The van der Waals surface area contributed by atoms with Crippen LogP contribution in [0.3, 0.4) is 0 Å². The van der Waals surface area contributed by atoms with Gasteiger partial charge in [-0.15, -0.1) is 0 Å². The van der Waals surface area contributed by atoms with E-state index in [4.69, 9.17) is 11.6 Å². The van der Waals surface area contributed by atoms with E-state index in [1.165, 1.54) is 15.9 Å². The standard InChI is InChI=1S/C22H28ClN3O3S/c1-3-18-7-9-19(10-8-18)17(2)24-22(27)16-25-11-13-26(14-12-25)30(28,29)21-6-4-5-20(23)15-21/h4-10,15,17H,3,11-14,16H2,1-2H3,(H,24,27). The largest absolute Gasteiger partial charge is 0.348 e. The van der Waals surface area contributed by atoms with E-state index in [9.17, 15) is 13.2 Å². The summed E-state index contributed by atoms with van der Waals surface area (Å²) in [6.45, 7) is 6.03. The molecule has 0 bridgehead atoms. The molecule has 2 aromatic carbocycles. The van der Waals surface area contributed by atoms with Crippen LogP contribution < -0.4 is 5.32 Å². The molecule has 2 aromatic rings. The molecule has 1 aliphatic heterocycles. The average molecular weight is 450 g/mol. The van der Waals surface area contributed by atoms with Crippen molar-refractivity contribution in [3.8, 4) is 0 Å². The number of aryl methyl sites for hydroxylation is 1. The number of rotatable bonds is 7. The number of carbonyl (C=O) groups excluding carboxylic acids is 1. The minimum absolute atomic E-state index is 0.0618. The molecule has 3 rings (SSSR count). The molecule has 0 saturated carbocycles. The predicted octanol–water partition coefficient (Wildman–Crippen LogP) is 3.09. The Morgan fingerprint density at radius 2 is 1.77 bits per heavy atom. The van der Waals surface area contributed by atoms with Crippen molar-refractivity contribution in [3.05, 3.63) is 64.7 Å². The Kier molecular flexibility index (Phi) is 7.52. The number of carbonyl (C=O) groups is 1. The summed E-state index contributed by atoms with van der Waals surface area (Å²) in [5.41, 5.74) is 2.33. The van der Waals surface area contributed by atoms with E-state index < -0.39 is 10.0 Å². The SMILES string of the molecule is CCc1ccc(C(C)NC(=O)CN2CCN(S(=O)(=O)c3cccc(Cl)c3)CC2)cc1. The number of nitrogens with one attached hydrogen (secondary N) is 1. The topological polar surface area (TPSA) is 69.7 Å². The van der Waals surface area contributed by atoms with E-state index in [-0.39, 0.29) is 23.4 Å². The van der Waals surface area contributed by atoms with E-state index in [1.807, 2.05) is 24.0 Å². The zero-order valence-corrected chi connectivity index (χ0v) is 18.9. The zero-order valence-electron chi connectivity index (χ0n) is 17.3. The van der Waals surface area contributed by atoms with E-state index in [0.717, 1.165) is 12.0 Å². The summed E-state index contributed by atoms with van der Waals surface area (Å²) in [5.74, 6) is -0.0618. The third-order valence-corrected chi connectivity index (χ3v) is 7.53. The lowest BCUT2D eigenvalue weighted by molar-refractivity contribution is -0.123. The lowest BCUT2D eigenvalue weighted by Gasteiger charge is -2.33. The Morgan fingerprint density at radius 1 is 1.10 bits per heavy atom. The lowest BCUT2D eigenvalue weighted by atomic mass is 10.1. The van der Waals surface area contributed by atoms with E-state index in [0.29, 0.717) is 31.2 Å². The molecule has 6 nitrogen and oxygen atoms in total. The maximum Gasteiger partial charge on any atom is 0.243 e. The number of halogens is 1. The molecule has 1 amide bonds. The van der Waals surface area contributed by atoms with Crippen molar-refractivity contribution in [1.82, 2.24) is 14.5 Å². The molecule has 1 fully saturated rings. The van der Waals surface area contributed by atoms with Crippen molar-refractivity contribution in [2.24, 2.45) is 0 Å². The summed E-state index contributed by atoms with van der Waals surface area (Å²) in [7, 11) is -3.58. The van der Waals surface area contributed by atoms with Gasteiger partial charge >= 0.3 is 0 Å². The zero-order chi connectivity index (χ0) is 21.7. The van der Waals surface area contributed by atoms with Gasteiger partial charge in [-0.3, -0.25) is 9.69 Å². The van der Waals surface area contributed by atoms with Crippen molar-refractivity contribution in [1.29, 1.82) is 0 Å². The Morgan fingerprint density at radius 3 is 2.37 bits per heavy atom. The lowest BCUT2D eigenvalue weighted by Crippen LogP contribution is -2.51. The van der Waals surface area contributed by atoms with Crippen LogP contribution in [0.15, 0.2) is 53.4 Å². The van der Waals surface area contributed by atoms with Crippen LogP contribution in [-0.4, -0.2) is 56.3 Å². The molecule has 162 valence electrons. The number of sulfonamides is 1. The summed E-state index contributed by atoms with van der Waals surface area (Å²) >= 11 is 5.94. The fraction of sp³-hybridized carbons (Fsp3) is 0.409. The molecule has 30 heavy (non-hydrogen) atoms. The number of hydrogen-bond donors (Lipinski definition) is 1. The Hall–Kier alpha value is -1.93. The number of amides is 1. The first-order chi connectivity index (χ1) is 14.3. The molecule has 1 aliphatic rings. The monoisotopic (exact) mass is 449 g/mol. The van der Waals surface area contributed by atoms with Crippen LogP contribution in [0, 0.1) is 0 Å². The third-order valence-electron chi connectivity index (χ3n) is 5.40.